The van der Waals surface area contributed by atoms with E-state index < -0.39 is 0 Å². The smallest absolute Gasteiger partial charge is 0.0931 e. The number of ether oxygens (including phenoxy) is 2. The minimum absolute atomic E-state index is 0.118. The SMILES string of the molecule is COC1C2C=CC(C)(C1OC)C2(C)C. The zero-order valence-corrected chi connectivity index (χ0v) is 9.70. The summed E-state index contributed by atoms with van der Waals surface area (Å²) in [6.45, 7) is 6.89. The van der Waals surface area contributed by atoms with Gasteiger partial charge in [-0.05, 0) is 5.41 Å². The lowest BCUT2D eigenvalue weighted by atomic mass is 9.70. The Morgan fingerprint density at radius 1 is 1.07 bits per heavy atom. The molecule has 0 spiro atoms. The molecule has 2 nitrogen and oxygen atoms in total. The standard InChI is InChI=1S/C12H20O2/c1-11(2)8-6-7-12(11,3)10(14-5)9(8)13-4/h6-10H,1-5H3. The molecule has 0 aromatic carbocycles. The Kier molecular flexibility index (Phi) is 2.06. The highest BCUT2D eigenvalue weighted by molar-refractivity contribution is 5.29. The van der Waals surface area contributed by atoms with Crippen molar-refractivity contribution in [2.75, 3.05) is 14.2 Å². The molecule has 80 valence electrons. The summed E-state index contributed by atoms with van der Waals surface area (Å²) in [6.07, 6.45) is 5.01. The van der Waals surface area contributed by atoms with E-state index in [0.717, 1.165) is 0 Å². The number of methoxy groups -OCH3 is 2. The van der Waals surface area contributed by atoms with E-state index in [2.05, 4.69) is 32.9 Å². The summed E-state index contributed by atoms with van der Waals surface area (Å²) < 4.78 is 11.2. The zero-order chi connectivity index (χ0) is 10.6. The predicted molar refractivity (Wildman–Crippen MR) is 56.1 cm³/mol. The normalized spacial score (nSPS) is 48.8. The molecule has 0 aliphatic heterocycles. The van der Waals surface area contributed by atoms with Crippen molar-refractivity contribution in [2.45, 2.75) is 33.0 Å². The number of rotatable bonds is 2. The summed E-state index contributed by atoms with van der Waals surface area (Å²) in [5.74, 6) is 0.488. The van der Waals surface area contributed by atoms with E-state index in [0.29, 0.717) is 5.92 Å². The highest BCUT2D eigenvalue weighted by atomic mass is 16.5. The van der Waals surface area contributed by atoms with Gasteiger partial charge in [0, 0.05) is 25.6 Å². The summed E-state index contributed by atoms with van der Waals surface area (Å²) >= 11 is 0. The van der Waals surface area contributed by atoms with E-state index >= 15 is 0 Å². The maximum absolute atomic E-state index is 5.61. The molecule has 1 fully saturated rings. The van der Waals surface area contributed by atoms with E-state index in [1.165, 1.54) is 0 Å². The third-order valence-corrected chi connectivity index (χ3v) is 4.64. The fourth-order valence-corrected chi connectivity index (χ4v) is 3.28. The maximum atomic E-state index is 5.61. The molecule has 0 heterocycles. The molecule has 0 amide bonds. The van der Waals surface area contributed by atoms with Crippen molar-refractivity contribution in [1.29, 1.82) is 0 Å². The monoisotopic (exact) mass is 196 g/mol. The average Bonchev–Trinajstić information content (AvgIpc) is 2.46. The van der Waals surface area contributed by atoms with Gasteiger partial charge in [0.2, 0.25) is 0 Å². The van der Waals surface area contributed by atoms with Crippen LogP contribution in [0.1, 0.15) is 20.8 Å². The molecule has 2 rings (SSSR count). The molecule has 2 aliphatic rings. The molecule has 2 aliphatic carbocycles. The van der Waals surface area contributed by atoms with Crippen LogP contribution in [0.15, 0.2) is 12.2 Å². The molecule has 0 aromatic rings. The molecule has 0 radical (unpaired) electrons. The van der Waals surface area contributed by atoms with E-state index in [1.807, 2.05) is 0 Å². The van der Waals surface area contributed by atoms with Crippen molar-refractivity contribution in [2.24, 2.45) is 16.7 Å². The largest absolute Gasteiger partial charge is 0.378 e. The molecule has 2 heteroatoms. The van der Waals surface area contributed by atoms with Crippen LogP contribution in [0.2, 0.25) is 0 Å². The Balaban J connectivity index is 2.43. The maximum Gasteiger partial charge on any atom is 0.0931 e. The minimum atomic E-state index is 0.118. The molecular formula is C12H20O2. The molecule has 2 bridgehead atoms. The van der Waals surface area contributed by atoms with Gasteiger partial charge in [0.25, 0.3) is 0 Å². The molecule has 0 N–H and O–H groups in total. The van der Waals surface area contributed by atoms with Gasteiger partial charge in [-0.3, -0.25) is 0 Å². The Morgan fingerprint density at radius 3 is 2.14 bits per heavy atom. The molecule has 14 heavy (non-hydrogen) atoms. The van der Waals surface area contributed by atoms with Crippen LogP contribution in [0.25, 0.3) is 0 Å². The number of hydrogen-bond donors (Lipinski definition) is 0. The Labute approximate surface area is 86.3 Å². The minimum Gasteiger partial charge on any atom is -0.378 e. The molecule has 4 unspecified atom stereocenters. The lowest BCUT2D eigenvalue weighted by molar-refractivity contribution is -0.0620. The predicted octanol–water partition coefficient (Wildman–Crippen LogP) is 2.25. The second-order valence-electron chi connectivity index (χ2n) is 5.25. The first-order valence-electron chi connectivity index (χ1n) is 5.24. The highest BCUT2D eigenvalue weighted by Crippen LogP contribution is 2.62. The van der Waals surface area contributed by atoms with Crippen molar-refractivity contribution >= 4 is 0 Å². The Bertz CT molecular complexity index is 269. The van der Waals surface area contributed by atoms with Gasteiger partial charge in [-0.1, -0.05) is 32.9 Å². The summed E-state index contributed by atoms with van der Waals surface area (Å²) in [6, 6.07) is 0. The zero-order valence-electron chi connectivity index (χ0n) is 9.70. The van der Waals surface area contributed by atoms with E-state index in [9.17, 15) is 0 Å². The quantitative estimate of drug-likeness (QED) is 0.631. The van der Waals surface area contributed by atoms with Gasteiger partial charge in [-0.15, -0.1) is 0 Å². The summed E-state index contributed by atoms with van der Waals surface area (Å²) in [4.78, 5) is 0. The fourth-order valence-electron chi connectivity index (χ4n) is 3.28. The lowest BCUT2D eigenvalue weighted by Gasteiger charge is -2.37. The van der Waals surface area contributed by atoms with Crippen LogP contribution < -0.4 is 0 Å². The van der Waals surface area contributed by atoms with Crippen LogP contribution in [-0.2, 0) is 9.47 Å². The number of hydrogen-bond acceptors (Lipinski definition) is 2. The van der Waals surface area contributed by atoms with Crippen LogP contribution in [0.5, 0.6) is 0 Å². The van der Waals surface area contributed by atoms with Crippen molar-refractivity contribution < 1.29 is 9.47 Å². The van der Waals surface area contributed by atoms with Gasteiger partial charge >= 0.3 is 0 Å². The lowest BCUT2D eigenvalue weighted by Crippen LogP contribution is -2.40. The molecular weight excluding hydrogens is 176 g/mol. The van der Waals surface area contributed by atoms with Gasteiger partial charge in [0.15, 0.2) is 0 Å². The first kappa shape index (κ1) is 10.2. The average molecular weight is 196 g/mol. The number of fused-ring (bicyclic) bond motifs is 2. The summed E-state index contributed by atoms with van der Waals surface area (Å²) in [5, 5.41) is 0. The van der Waals surface area contributed by atoms with Gasteiger partial charge < -0.3 is 9.47 Å². The first-order valence-corrected chi connectivity index (χ1v) is 5.24. The first-order chi connectivity index (χ1) is 6.49. The van der Waals surface area contributed by atoms with Gasteiger partial charge in [-0.2, -0.15) is 0 Å². The fraction of sp³-hybridized carbons (Fsp3) is 0.833. The molecule has 4 atom stereocenters. The van der Waals surface area contributed by atoms with Gasteiger partial charge in [-0.25, -0.2) is 0 Å². The highest BCUT2D eigenvalue weighted by Gasteiger charge is 2.64. The van der Waals surface area contributed by atoms with Gasteiger partial charge in [0.1, 0.15) is 0 Å². The topological polar surface area (TPSA) is 18.5 Å². The van der Waals surface area contributed by atoms with Crippen LogP contribution in [0.4, 0.5) is 0 Å². The third-order valence-electron chi connectivity index (χ3n) is 4.64. The molecule has 1 saturated carbocycles. The van der Waals surface area contributed by atoms with Crippen molar-refractivity contribution in [1.82, 2.24) is 0 Å². The van der Waals surface area contributed by atoms with E-state index in [1.54, 1.807) is 14.2 Å². The Morgan fingerprint density at radius 2 is 1.71 bits per heavy atom. The third kappa shape index (κ3) is 0.887. The van der Waals surface area contributed by atoms with Crippen molar-refractivity contribution in [3.05, 3.63) is 12.2 Å². The van der Waals surface area contributed by atoms with Crippen molar-refractivity contribution in [3.63, 3.8) is 0 Å². The Hall–Kier alpha value is -0.340. The van der Waals surface area contributed by atoms with E-state index in [4.69, 9.17) is 9.47 Å². The molecule has 0 aromatic heterocycles. The van der Waals surface area contributed by atoms with E-state index in [-0.39, 0.29) is 23.0 Å². The summed E-state index contributed by atoms with van der Waals surface area (Å²) in [5.41, 5.74) is 0.363. The van der Waals surface area contributed by atoms with Crippen molar-refractivity contribution in [3.8, 4) is 0 Å². The second-order valence-corrected chi connectivity index (χ2v) is 5.25. The van der Waals surface area contributed by atoms with Gasteiger partial charge in [0.05, 0.1) is 12.2 Å². The summed E-state index contributed by atoms with van der Waals surface area (Å²) in [7, 11) is 3.57. The van der Waals surface area contributed by atoms with Crippen LogP contribution >= 0.6 is 0 Å². The second kappa shape index (κ2) is 2.83. The van der Waals surface area contributed by atoms with Crippen LogP contribution in [0, 0.1) is 16.7 Å². The van der Waals surface area contributed by atoms with Crippen LogP contribution in [0.3, 0.4) is 0 Å². The van der Waals surface area contributed by atoms with Crippen LogP contribution in [-0.4, -0.2) is 26.4 Å². The molecule has 0 saturated heterocycles.